The summed E-state index contributed by atoms with van der Waals surface area (Å²) in [5, 5.41) is 0. The summed E-state index contributed by atoms with van der Waals surface area (Å²) in [6, 6.07) is 18.6. The summed E-state index contributed by atoms with van der Waals surface area (Å²) in [5.41, 5.74) is 9.90. The minimum Gasteiger partial charge on any atom is -1.00 e. The van der Waals surface area contributed by atoms with Crippen LogP contribution >= 0.6 is 0 Å². The first kappa shape index (κ1) is 22.1. The summed E-state index contributed by atoms with van der Waals surface area (Å²) in [6.45, 7) is 4.75. The quantitative estimate of drug-likeness (QED) is 0.609. The first-order valence-corrected chi connectivity index (χ1v) is 16.7. The van der Waals surface area contributed by atoms with Gasteiger partial charge in [-0.15, -0.1) is 0 Å². The van der Waals surface area contributed by atoms with E-state index >= 15 is 0 Å². The number of hydrogen-bond donors (Lipinski definition) is 0. The standard InChI is InChI=1S/2C11H11.C3H6.2ClH.Zr/c2*1-2-9-7-10-5-3-4-6-11(10)8-9;1-3-2;;;/h2*3-8H,2H2,1H3;1-3H2;2*1H;/q;;;;;+2/p-2. The van der Waals surface area contributed by atoms with Crippen molar-refractivity contribution in [1.29, 1.82) is 0 Å². The minimum atomic E-state index is -2.44. The van der Waals surface area contributed by atoms with Gasteiger partial charge in [-0.25, -0.2) is 0 Å². The Kier molecular flexibility index (Phi) is 6.80. The van der Waals surface area contributed by atoms with Gasteiger partial charge in [-0.05, 0) is 0 Å². The van der Waals surface area contributed by atoms with Crippen LogP contribution in [0.5, 0.6) is 0 Å². The largest absolute Gasteiger partial charge is 1.00 e. The number of fused-ring (bicyclic) bond motifs is 2. The van der Waals surface area contributed by atoms with Gasteiger partial charge in [0.05, 0.1) is 0 Å². The molecule has 0 N–H and O–H groups in total. The van der Waals surface area contributed by atoms with Gasteiger partial charge < -0.3 is 24.8 Å². The molecule has 1 aliphatic heterocycles. The molecule has 0 radical (unpaired) electrons. The van der Waals surface area contributed by atoms with Gasteiger partial charge in [0, 0.05) is 0 Å². The van der Waals surface area contributed by atoms with E-state index in [0.717, 1.165) is 7.25 Å². The van der Waals surface area contributed by atoms with E-state index in [4.69, 9.17) is 0 Å². The zero-order valence-corrected chi connectivity index (χ0v) is 20.7. The van der Waals surface area contributed by atoms with Crippen LogP contribution < -0.4 is 24.8 Å². The molecule has 0 saturated carbocycles. The third kappa shape index (κ3) is 3.13. The van der Waals surface area contributed by atoms with E-state index in [0.29, 0.717) is 0 Å². The smallest absolute Gasteiger partial charge is 1.00 e. The topological polar surface area (TPSA) is 0 Å². The molecule has 0 spiro atoms. The number of benzene rings is 2. The Morgan fingerprint density at radius 2 is 1.14 bits per heavy atom. The van der Waals surface area contributed by atoms with Crippen LogP contribution in [0.2, 0.25) is 8.26 Å². The maximum Gasteiger partial charge on any atom is -1.00 e. The van der Waals surface area contributed by atoms with Gasteiger partial charge in [0.25, 0.3) is 0 Å². The molecule has 146 valence electrons. The second kappa shape index (κ2) is 8.63. The average molecular weight is 491 g/mol. The van der Waals surface area contributed by atoms with E-state index in [1.165, 1.54) is 30.4 Å². The predicted molar refractivity (Wildman–Crippen MR) is 109 cm³/mol. The predicted octanol–water partition coefficient (Wildman–Crippen LogP) is 1.49. The van der Waals surface area contributed by atoms with Crippen LogP contribution in [0, 0.1) is 0 Å². The molecular formula is C25H28Cl2Zr. The summed E-state index contributed by atoms with van der Waals surface area (Å²) < 4.78 is 4.76. The summed E-state index contributed by atoms with van der Waals surface area (Å²) in [7, 11) is 0. The molecule has 2 atom stereocenters. The van der Waals surface area contributed by atoms with Crippen LogP contribution in [-0.2, 0) is 20.3 Å². The molecule has 0 amide bonds. The van der Waals surface area contributed by atoms with Crippen LogP contribution in [0.3, 0.4) is 0 Å². The Hall–Kier alpha value is -0.617. The van der Waals surface area contributed by atoms with E-state index in [2.05, 4.69) is 74.5 Å². The number of rotatable bonds is 4. The minimum absolute atomic E-state index is 0. The molecule has 2 unspecified atom stereocenters. The van der Waals surface area contributed by atoms with Crippen molar-refractivity contribution in [3.05, 3.63) is 81.9 Å². The number of allylic oxidation sites excluding steroid dienone is 2. The second-order valence-corrected chi connectivity index (χ2v) is 19.7. The SMILES string of the molecule is CCC1=Cc2ccccc2[CH]1[Zr+2]1([CH]2C(CC)=Cc3ccccc32)[CH2]C[CH2]1.[Cl-].[Cl-]. The maximum atomic E-state index is 2.55. The molecule has 3 aliphatic rings. The van der Waals surface area contributed by atoms with E-state index in [1.54, 1.807) is 30.5 Å². The molecule has 0 aromatic heterocycles. The average Bonchev–Trinajstić information content (AvgIpc) is 3.20. The van der Waals surface area contributed by atoms with Gasteiger partial charge >= 0.3 is 163 Å². The van der Waals surface area contributed by atoms with Crippen LogP contribution in [-0.4, -0.2) is 0 Å². The fourth-order valence-electron chi connectivity index (χ4n) is 6.08. The monoisotopic (exact) mass is 488 g/mol. The molecule has 28 heavy (non-hydrogen) atoms. The Morgan fingerprint density at radius 1 is 0.714 bits per heavy atom. The fraction of sp³-hybridized carbons (Fsp3) is 0.360. The van der Waals surface area contributed by atoms with Gasteiger partial charge in [0.1, 0.15) is 0 Å². The second-order valence-electron chi connectivity index (χ2n) is 8.36. The van der Waals surface area contributed by atoms with Crippen molar-refractivity contribution in [2.45, 2.75) is 48.6 Å². The van der Waals surface area contributed by atoms with E-state index in [-0.39, 0.29) is 24.8 Å². The van der Waals surface area contributed by atoms with Crippen molar-refractivity contribution in [1.82, 2.24) is 0 Å². The molecule has 3 heteroatoms. The van der Waals surface area contributed by atoms with Crippen molar-refractivity contribution < 1.29 is 45.1 Å². The van der Waals surface area contributed by atoms with Crippen LogP contribution in [0.1, 0.15) is 62.6 Å². The van der Waals surface area contributed by atoms with Crippen molar-refractivity contribution in [2.24, 2.45) is 0 Å². The van der Waals surface area contributed by atoms with E-state index < -0.39 is 20.3 Å². The molecular weight excluding hydrogens is 462 g/mol. The molecule has 0 nitrogen and oxygen atoms in total. The van der Waals surface area contributed by atoms with E-state index in [1.807, 2.05) is 0 Å². The van der Waals surface area contributed by atoms with Crippen molar-refractivity contribution in [3.8, 4) is 0 Å². The molecule has 1 saturated heterocycles. The molecule has 0 bridgehead atoms. The van der Waals surface area contributed by atoms with Crippen molar-refractivity contribution in [2.75, 3.05) is 0 Å². The zero-order valence-electron chi connectivity index (χ0n) is 16.7. The summed E-state index contributed by atoms with van der Waals surface area (Å²) in [4.78, 5) is 0. The van der Waals surface area contributed by atoms with Crippen LogP contribution in [0.25, 0.3) is 12.2 Å². The summed E-state index contributed by atoms with van der Waals surface area (Å²) in [6.07, 6.45) is 9.01. The Morgan fingerprint density at radius 3 is 1.50 bits per heavy atom. The molecule has 2 aliphatic carbocycles. The molecule has 1 fully saturated rings. The molecule has 2 aromatic carbocycles. The number of hydrogen-bond acceptors (Lipinski definition) is 0. The normalized spacial score (nSPS) is 22.2. The summed E-state index contributed by atoms with van der Waals surface area (Å²) in [5.74, 6) is 0. The Balaban J connectivity index is 0.00000112. The van der Waals surface area contributed by atoms with Gasteiger partial charge in [-0.3, -0.25) is 0 Å². The molecule has 5 rings (SSSR count). The third-order valence-corrected chi connectivity index (χ3v) is 22.6. The van der Waals surface area contributed by atoms with Gasteiger partial charge in [-0.1, -0.05) is 0 Å². The molecule has 2 aromatic rings. The summed E-state index contributed by atoms with van der Waals surface area (Å²) >= 11 is -2.44. The number of halogens is 2. The van der Waals surface area contributed by atoms with Crippen LogP contribution in [0.4, 0.5) is 0 Å². The van der Waals surface area contributed by atoms with E-state index in [9.17, 15) is 0 Å². The van der Waals surface area contributed by atoms with Gasteiger partial charge in [0.15, 0.2) is 0 Å². The fourth-order valence-corrected chi connectivity index (χ4v) is 22.0. The van der Waals surface area contributed by atoms with Crippen molar-refractivity contribution >= 4 is 12.2 Å². The maximum absolute atomic E-state index is 2.55. The Bertz CT molecular complexity index is 852. The van der Waals surface area contributed by atoms with Gasteiger partial charge in [0.2, 0.25) is 0 Å². The third-order valence-electron chi connectivity index (χ3n) is 7.29. The van der Waals surface area contributed by atoms with Gasteiger partial charge in [-0.2, -0.15) is 0 Å². The zero-order chi connectivity index (χ0) is 17.7. The van der Waals surface area contributed by atoms with Crippen LogP contribution in [0.15, 0.2) is 59.7 Å². The first-order chi connectivity index (χ1) is 12.8. The molecule has 1 heterocycles. The first-order valence-electron chi connectivity index (χ1n) is 10.4. The van der Waals surface area contributed by atoms with Crippen molar-refractivity contribution in [3.63, 3.8) is 0 Å². The Labute approximate surface area is 186 Å².